The molecule has 0 atom stereocenters. The van der Waals surface area contributed by atoms with Gasteiger partial charge in [0.2, 0.25) is 0 Å². The molecule has 4 nitrogen and oxygen atoms in total. The average Bonchev–Trinajstić information content (AvgIpc) is 2.50. The van der Waals surface area contributed by atoms with E-state index in [9.17, 15) is 0 Å². The summed E-state index contributed by atoms with van der Waals surface area (Å²) in [6, 6.07) is 10.8. The molecule has 1 aromatic rings. The maximum Gasteiger partial charge on any atom is 0.191 e. The van der Waals surface area contributed by atoms with Gasteiger partial charge in [0.05, 0.1) is 5.60 Å². The second-order valence-electron chi connectivity index (χ2n) is 6.74. The molecule has 0 bridgehead atoms. The molecule has 0 unspecified atom stereocenters. The number of aliphatic imine (C=N–C) groups is 1. The van der Waals surface area contributed by atoms with Crippen molar-refractivity contribution in [3.8, 4) is 0 Å². The minimum atomic E-state index is -0.203. The Kier molecular flexibility index (Phi) is 5.46. The Morgan fingerprint density at radius 1 is 1.23 bits per heavy atom. The Balaban J connectivity index is 1.92. The molecule has 0 amide bonds. The monoisotopic (exact) mass is 303 g/mol. The summed E-state index contributed by atoms with van der Waals surface area (Å²) >= 11 is 0. The first-order valence-electron chi connectivity index (χ1n) is 8.07. The summed E-state index contributed by atoms with van der Waals surface area (Å²) < 4.78 is 5.43. The number of nitrogens with zero attached hydrogens (tertiary/aromatic N) is 1. The molecule has 0 aromatic heterocycles. The second-order valence-corrected chi connectivity index (χ2v) is 6.74. The van der Waals surface area contributed by atoms with Crippen molar-refractivity contribution >= 4 is 5.96 Å². The zero-order chi connectivity index (χ0) is 16.1. The third-order valence-corrected chi connectivity index (χ3v) is 4.75. The first-order valence-corrected chi connectivity index (χ1v) is 8.07. The molecule has 0 saturated heterocycles. The van der Waals surface area contributed by atoms with Crippen LogP contribution in [-0.2, 0) is 10.2 Å². The Hall–Kier alpha value is -1.55. The van der Waals surface area contributed by atoms with Crippen molar-refractivity contribution in [2.75, 3.05) is 27.2 Å². The van der Waals surface area contributed by atoms with Gasteiger partial charge in [0, 0.05) is 32.7 Å². The zero-order valence-corrected chi connectivity index (χ0v) is 14.3. The van der Waals surface area contributed by atoms with Gasteiger partial charge in [0.15, 0.2) is 5.96 Å². The normalized spacial score (nSPS) is 17.7. The first-order chi connectivity index (χ1) is 10.5. The number of hydrogen-bond donors (Lipinski definition) is 2. The highest BCUT2D eigenvalue weighted by Crippen LogP contribution is 2.43. The smallest absolute Gasteiger partial charge is 0.191 e. The molecule has 0 radical (unpaired) electrons. The van der Waals surface area contributed by atoms with Crippen LogP contribution in [0.5, 0.6) is 0 Å². The van der Waals surface area contributed by atoms with Crippen molar-refractivity contribution < 1.29 is 4.74 Å². The molecular formula is C18H29N3O. The third-order valence-electron chi connectivity index (χ3n) is 4.75. The Morgan fingerprint density at radius 2 is 1.91 bits per heavy atom. The van der Waals surface area contributed by atoms with Crippen LogP contribution in [0.15, 0.2) is 35.3 Å². The van der Waals surface area contributed by atoms with Gasteiger partial charge in [-0.3, -0.25) is 4.99 Å². The maximum absolute atomic E-state index is 5.43. The van der Waals surface area contributed by atoms with E-state index in [1.807, 2.05) is 7.05 Å². The van der Waals surface area contributed by atoms with E-state index in [4.69, 9.17) is 4.74 Å². The van der Waals surface area contributed by atoms with Crippen molar-refractivity contribution in [1.29, 1.82) is 0 Å². The van der Waals surface area contributed by atoms with Crippen LogP contribution in [0.4, 0.5) is 0 Å². The van der Waals surface area contributed by atoms with Crippen molar-refractivity contribution in [3.63, 3.8) is 0 Å². The summed E-state index contributed by atoms with van der Waals surface area (Å²) in [6.07, 6.45) is 3.79. The fourth-order valence-electron chi connectivity index (χ4n) is 2.81. The zero-order valence-electron chi connectivity index (χ0n) is 14.3. The van der Waals surface area contributed by atoms with E-state index in [0.717, 1.165) is 19.0 Å². The van der Waals surface area contributed by atoms with Crippen molar-refractivity contribution in [1.82, 2.24) is 10.6 Å². The lowest BCUT2D eigenvalue weighted by Gasteiger charge is -2.43. The van der Waals surface area contributed by atoms with E-state index < -0.39 is 0 Å². The van der Waals surface area contributed by atoms with E-state index in [-0.39, 0.29) is 11.0 Å². The summed E-state index contributed by atoms with van der Waals surface area (Å²) in [7, 11) is 3.54. The molecule has 22 heavy (non-hydrogen) atoms. The minimum absolute atomic E-state index is 0.203. The van der Waals surface area contributed by atoms with Gasteiger partial charge in [-0.15, -0.1) is 0 Å². The highest BCUT2D eigenvalue weighted by Gasteiger charge is 2.38. The lowest BCUT2D eigenvalue weighted by molar-refractivity contribution is 0.0268. The van der Waals surface area contributed by atoms with Gasteiger partial charge < -0.3 is 15.4 Å². The highest BCUT2D eigenvalue weighted by atomic mass is 16.5. The van der Waals surface area contributed by atoms with Crippen molar-refractivity contribution in [3.05, 3.63) is 35.9 Å². The van der Waals surface area contributed by atoms with Crippen molar-refractivity contribution in [2.45, 2.75) is 44.1 Å². The molecule has 1 fully saturated rings. The summed E-state index contributed by atoms with van der Waals surface area (Å²) in [5.74, 6) is 0.840. The Morgan fingerprint density at radius 3 is 2.41 bits per heavy atom. The van der Waals surface area contributed by atoms with Crippen LogP contribution in [0.3, 0.4) is 0 Å². The Labute approximate surface area is 134 Å². The predicted octanol–water partition coefficient (Wildman–Crippen LogP) is 2.70. The molecule has 1 saturated carbocycles. The van der Waals surface area contributed by atoms with Gasteiger partial charge in [-0.05, 0) is 32.3 Å². The third kappa shape index (κ3) is 4.01. The van der Waals surface area contributed by atoms with Gasteiger partial charge in [0.25, 0.3) is 0 Å². The van der Waals surface area contributed by atoms with Crippen LogP contribution in [0.25, 0.3) is 0 Å². The quantitative estimate of drug-likeness (QED) is 0.627. The van der Waals surface area contributed by atoms with Crippen LogP contribution in [0, 0.1) is 0 Å². The number of nitrogens with one attached hydrogen (secondary N) is 2. The SMILES string of the molecule is CN=C(NCC(C)(C)OC)NCC1(c2ccccc2)CCC1. The van der Waals surface area contributed by atoms with E-state index >= 15 is 0 Å². The molecule has 4 heteroatoms. The largest absolute Gasteiger partial charge is 0.377 e. The highest BCUT2D eigenvalue weighted by molar-refractivity contribution is 5.79. The van der Waals surface area contributed by atoms with Gasteiger partial charge in [-0.2, -0.15) is 0 Å². The topological polar surface area (TPSA) is 45.7 Å². The molecule has 0 heterocycles. The molecule has 1 aliphatic carbocycles. The number of guanidine groups is 1. The van der Waals surface area contributed by atoms with Gasteiger partial charge in [0.1, 0.15) is 0 Å². The maximum atomic E-state index is 5.43. The molecule has 0 spiro atoms. The number of rotatable bonds is 6. The van der Waals surface area contributed by atoms with E-state index in [1.54, 1.807) is 7.11 Å². The van der Waals surface area contributed by atoms with Crippen LogP contribution in [0.1, 0.15) is 38.7 Å². The Bertz CT molecular complexity index is 492. The lowest BCUT2D eigenvalue weighted by Crippen LogP contribution is -2.51. The number of methoxy groups -OCH3 is 1. The minimum Gasteiger partial charge on any atom is -0.377 e. The standard InChI is InChI=1S/C18H29N3O/c1-17(2,22-4)13-20-16(19-3)21-14-18(11-8-12-18)15-9-6-5-7-10-15/h5-7,9-10H,8,11-14H2,1-4H3,(H2,19,20,21). The summed E-state index contributed by atoms with van der Waals surface area (Å²) in [6.45, 7) is 5.76. The summed E-state index contributed by atoms with van der Waals surface area (Å²) in [5.41, 5.74) is 1.49. The van der Waals surface area contributed by atoms with Crippen LogP contribution in [-0.4, -0.2) is 38.8 Å². The van der Waals surface area contributed by atoms with E-state index in [0.29, 0.717) is 0 Å². The molecule has 1 aliphatic rings. The average molecular weight is 303 g/mol. The summed E-state index contributed by atoms with van der Waals surface area (Å²) in [5, 5.41) is 6.84. The van der Waals surface area contributed by atoms with Crippen molar-refractivity contribution in [2.24, 2.45) is 4.99 Å². The molecular weight excluding hydrogens is 274 g/mol. The predicted molar refractivity (Wildman–Crippen MR) is 92.4 cm³/mol. The van der Waals surface area contributed by atoms with Gasteiger partial charge >= 0.3 is 0 Å². The second kappa shape index (κ2) is 7.14. The summed E-state index contributed by atoms with van der Waals surface area (Å²) in [4.78, 5) is 4.32. The fraction of sp³-hybridized carbons (Fsp3) is 0.611. The van der Waals surface area contributed by atoms with Crippen LogP contribution in [0.2, 0.25) is 0 Å². The number of benzene rings is 1. The molecule has 2 rings (SSSR count). The molecule has 122 valence electrons. The van der Waals surface area contributed by atoms with E-state index in [2.05, 4.69) is 59.8 Å². The number of ether oxygens (including phenoxy) is 1. The molecule has 1 aromatic carbocycles. The van der Waals surface area contributed by atoms with Crippen LogP contribution >= 0.6 is 0 Å². The van der Waals surface area contributed by atoms with Gasteiger partial charge in [-0.25, -0.2) is 0 Å². The van der Waals surface area contributed by atoms with E-state index in [1.165, 1.54) is 24.8 Å². The molecule has 2 N–H and O–H groups in total. The molecule has 0 aliphatic heterocycles. The number of hydrogen-bond acceptors (Lipinski definition) is 2. The first kappa shape index (κ1) is 16.8. The fourth-order valence-corrected chi connectivity index (χ4v) is 2.81. The van der Waals surface area contributed by atoms with Gasteiger partial charge in [-0.1, -0.05) is 36.8 Å². The lowest BCUT2D eigenvalue weighted by atomic mass is 9.64. The van der Waals surface area contributed by atoms with Crippen LogP contribution < -0.4 is 10.6 Å².